The highest BCUT2D eigenvalue weighted by atomic mass is 19.3. The largest absolute Gasteiger partial charge is 0.465 e. The molecule has 1 unspecified atom stereocenters. The van der Waals surface area contributed by atoms with Crippen LogP contribution in [0.4, 0.5) is 8.78 Å². The predicted octanol–water partition coefficient (Wildman–Crippen LogP) is 1.77. The Morgan fingerprint density at radius 3 is 2.53 bits per heavy atom. The van der Waals surface area contributed by atoms with Gasteiger partial charge in [-0.1, -0.05) is 18.2 Å². The minimum absolute atomic E-state index is 0.0483. The number of hydrogen-bond acceptors (Lipinski definition) is 3. The van der Waals surface area contributed by atoms with Crippen molar-refractivity contribution in [2.75, 3.05) is 7.11 Å². The normalized spacial score (nSPS) is 12.6. The van der Waals surface area contributed by atoms with Crippen molar-refractivity contribution in [3.05, 3.63) is 35.4 Å². The number of methoxy groups -OCH3 is 1. The highest BCUT2D eigenvalue weighted by Crippen LogP contribution is 2.24. The third kappa shape index (κ3) is 2.50. The van der Waals surface area contributed by atoms with Gasteiger partial charge in [0.1, 0.15) is 6.10 Å². The first-order chi connectivity index (χ1) is 7.07. The van der Waals surface area contributed by atoms with E-state index in [-0.39, 0.29) is 11.1 Å². The van der Waals surface area contributed by atoms with Gasteiger partial charge in [0.05, 0.1) is 12.7 Å². The molecule has 0 aromatic heterocycles. The number of hydrogen-bond donors (Lipinski definition) is 1. The van der Waals surface area contributed by atoms with Gasteiger partial charge in [-0.15, -0.1) is 0 Å². The van der Waals surface area contributed by atoms with E-state index in [9.17, 15) is 13.6 Å². The highest BCUT2D eigenvalue weighted by molar-refractivity contribution is 5.91. The number of aliphatic hydroxyl groups is 1. The second-order valence-electron chi connectivity index (χ2n) is 2.86. The third-order valence-corrected chi connectivity index (χ3v) is 1.92. The van der Waals surface area contributed by atoms with Crippen molar-refractivity contribution < 1.29 is 23.4 Å². The third-order valence-electron chi connectivity index (χ3n) is 1.92. The SMILES string of the molecule is COC(=O)c1ccccc1C(O)C(F)F. The number of ether oxygens (including phenoxy) is 1. The molecule has 15 heavy (non-hydrogen) atoms. The number of rotatable bonds is 3. The van der Waals surface area contributed by atoms with Crippen LogP contribution in [-0.4, -0.2) is 24.6 Å². The number of carbonyl (C=O) groups excluding carboxylic acids is 1. The number of aliphatic hydroxyl groups excluding tert-OH is 1. The average Bonchev–Trinajstić information content (AvgIpc) is 2.27. The smallest absolute Gasteiger partial charge is 0.338 e. The number of halogens is 2. The molecule has 1 aromatic carbocycles. The number of alkyl halides is 2. The first-order valence-electron chi connectivity index (χ1n) is 4.21. The number of carbonyl (C=O) groups is 1. The number of esters is 1. The molecule has 0 spiro atoms. The lowest BCUT2D eigenvalue weighted by atomic mass is 10.0. The van der Waals surface area contributed by atoms with Crippen molar-refractivity contribution >= 4 is 5.97 Å². The maximum Gasteiger partial charge on any atom is 0.338 e. The topological polar surface area (TPSA) is 46.5 Å². The molecule has 3 nitrogen and oxygen atoms in total. The zero-order valence-corrected chi connectivity index (χ0v) is 7.98. The van der Waals surface area contributed by atoms with E-state index in [0.29, 0.717) is 0 Å². The zero-order chi connectivity index (χ0) is 11.4. The van der Waals surface area contributed by atoms with Crippen molar-refractivity contribution in [1.82, 2.24) is 0 Å². The summed E-state index contributed by atoms with van der Waals surface area (Å²) in [5, 5.41) is 9.17. The van der Waals surface area contributed by atoms with Gasteiger partial charge in [-0.2, -0.15) is 0 Å². The molecule has 0 aliphatic heterocycles. The summed E-state index contributed by atoms with van der Waals surface area (Å²) in [5.41, 5.74) is -0.174. The van der Waals surface area contributed by atoms with Crippen LogP contribution in [-0.2, 0) is 4.74 Å². The second kappa shape index (κ2) is 4.84. The van der Waals surface area contributed by atoms with Crippen molar-refractivity contribution in [1.29, 1.82) is 0 Å². The Balaban J connectivity index is 3.11. The fourth-order valence-corrected chi connectivity index (χ4v) is 1.19. The quantitative estimate of drug-likeness (QED) is 0.783. The Morgan fingerprint density at radius 1 is 1.40 bits per heavy atom. The zero-order valence-electron chi connectivity index (χ0n) is 7.98. The van der Waals surface area contributed by atoms with Crippen LogP contribution in [0, 0.1) is 0 Å². The Hall–Kier alpha value is -1.49. The van der Waals surface area contributed by atoms with Gasteiger partial charge in [0.25, 0.3) is 6.43 Å². The summed E-state index contributed by atoms with van der Waals surface area (Å²) in [5.74, 6) is -0.745. The monoisotopic (exact) mass is 216 g/mol. The van der Waals surface area contributed by atoms with Crippen molar-refractivity contribution in [2.45, 2.75) is 12.5 Å². The molecule has 0 amide bonds. The van der Waals surface area contributed by atoms with Crippen molar-refractivity contribution in [3.8, 4) is 0 Å². The molecule has 0 aliphatic rings. The summed E-state index contributed by atoms with van der Waals surface area (Å²) in [7, 11) is 1.15. The van der Waals surface area contributed by atoms with E-state index in [2.05, 4.69) is 4.74 Å². The summed E-state index contributed by atoms with van der Waals surface area (Å²) < 4.78 is 28.9. The van der Waals surface area contributed by atoms with E-state index in [1.807, 2.05) is 0 Å². The molecule has 0 heterocycles. The van der Waals surface area contributed by atoms with E-state index in [1.165, 1.54) is 24.3 Å². The summed E-state index contributed by atoms with van der Waals surface area (Å²) in [6.45, 7) is 0. The van der Waals surface area contributed by atoms with Gasteiger partial charge in [-0.05, 0) is 6.07 Å². The van der Waals surface area contributed by atoms with Gasteiger partial charge >= 0.3 is 5.97 Å². The van der Waals surface area contributed by atoms with Crippen LogP contribution >= 0.6 is 0 Å². The van der Waals surface area contributed by atoms with Gasteiger partial charge in [0.2, 0.25) is 0 Å². The average molecular weight is 216 g/mol. The molecule has 0 fully saturated rings. The lowest BCUT2D eigenvalue weighted by Gasteiger charge is -2.13. The molecule has 0 radical (unpaired) electrons. The van der Waals surface area contributed by atoms with E-state index < -0.39 is 18.5 Å². The van der Waals surface area contributed by atoms with Crippen LogP contribution in [0.5, 0.6) is 0 Å². The van der Waals surface area contributed by atoms with Crippen LogP contribution in [0.1, 0.15) is 22.0 Å². The van der Waals surface area contributed by atoms with E-state index >= 15 is 0 Å². The van der Waals surface area contributed by atoms with Crippen LogP contribution in [0.3, 0.4) is 0 Å². The van der Waals surface area contributed by atoms with Gasteiger partial charge < -0.3 is 9.84 Å². The summed E-state index contributed by atoms with van der Waals surface area (Å²) in [6.07, 6.45) is -4.91. The second-order valence-corrected chi connectivity index (χ2v) is 2.86. The molecule has 82 valence electrons. The molecule has 1 atom stereocenters. The first-order valence-corrected chi connectivity index (χ1v) is 4.21. The Morgan fingerprint density at radius 2 is 2.00 bits per heavy atom. The maximum atomic E-state index is 12.3. The minimum Gasteiger partial charge on any atom is -0.465 e. The molecule has 5 heteroatoms. The maximum absolute atomic E-state index is 12.3. The van der Waals surface area contributed by atoms with Crippen molar-refractivity contribution in [3.63, 3.8) is 0 Å². The fourth-order valence-electron chi connectivity index (χ4n) is 1.19. The van der Waals surface area contributed by atoms with Crippen LogP contribution in [0.25, 0.3) is 0 Å². The molecular weight excluding hydrogens is 206 g/mol. The van der Waals surface area contributed by atoms with E-state index in [0.717, 1.165) is 7.11 Å². The van der Waals surface area contributed by atoms with Crippen LogP contribution in [0.2, 0.25) is 0 Å². The summed E-state index contributed by atoms with van der Waals surface area (Å²) in [6, 6.07) is 5.57. The lowest BCUT2D eigenvalue weighted by molar-refractivity contribution is -0.00656. The molecule has 0 saturated heterocycles. The molecule has 1 aromatic rings. The predicted molar refractivity (Wildman–Crippen MR) is 48.7 cm³/mol. The number of benzene rings is 1. The highest BCUT2D eigenvalue weighted by Gasteiger charge is 2.24. The molecule has 0 saturated carbocycles. The van der Waals surface area contributed by atoms with E-state index in [1.54, 1.807) is 0 Å². The molecule has 1 N–H and O–H groups in total. The Kier molecular flexibility index (Phi) is 3.74. The Labute approximate surface area is 85.3 Å². The van der Waals surface area contributed by atoms with E-state index in [4.69, 9.17) is 5.11 Å². The molecule has 0 bridgehead atoms. The Bertz CT molecular complexity index is 352. The van der Waals surface area contributed by atoms with Gasteiger partial charge in [0.15, 0.2) is 0 Å². The lowest BCUT2D eigenvalue weighted by Crippen LogP contribution is -2.14. The summed E-state index contributed by atoms with van der Waals surface area (Å²) in [4.78, 5) is 11.2. The fraction of sp³-hybridized carbons (Fsp3) is 0.300. The van der Waals surface area contributed by atoms with Gasteiger partial charge in [-0.3, -0.25) is 0 Å². The minimum atomic E-state index is -2.93. The first kappa shape index (κ1) is 11.6. The molecule has 1 rings (SSSR count). The van der Waals surface area contributed by atoms with Crippen molar-refractivity contribution in [2.24, 2.45) is 0 Å². The van der Waals surface area contributed by atoms with Crippen LogP contribution in [0.15, 0.2) is 24.3 Å². The molecule has 0 aliphatic carbocycles. The van der Waals surface area contributed by atoms with Crippen LogP contribution < -0.4 is 0 Å². The van der Waals surface area contributed by atoms with Gasteiger partial charge in [0, 0.05) is 5.56 Å². The van der Waals surface area contributed by atoms with Gasteiger partial charge in [-0.25, -0.2) is 13.6 Å². The molecular formula is C10H10F2O3. The standard InChI is InChI=1S/C10H10F2O3/c1-15-10(14)7-5-3-2-4-6(7)8(13)9(11)12/h2-5,8-9,13H,1H3. The summed E-state index contributed by atoms with van der Waals surface area (Å²) >= 11 is 0.